The second-order valence-corrected chi connectivity index (χ2v) is 7.95. The van der Waals surface area contributed by atoms with Gasteiger partial charge in [-0.3, -0.25) is 9.78 Å². The Labute approximate surface area is 177 Å². The Balaban J connectivity index is 1.41. The molecule has 0 bridgehead atoms. The van der Waals surface area contributed by atoms with E-state index in [1.54, 1.807) is 13.3 Å². The van der Waals surface area contributed by atoms with Crippen LogP contribution in [0.2, 0.25) is 0 Å². The zero-order valence-electron chi connectivity index (χ0n) is 17.8. The van der Waals surface area contributed by atoms with Gasteiger partial charge in [0.25, 0.3) is 5.91 Å². The third kappa shape index (κ3) is 4.22. The maximum absolute atomic E-state index is 12.5. The van der Waals surface area contributed by atoms with Crippen molar-refractivity contribution in [2.75, 3.05) is 13.7 Å². The van der Waals surface area contributed by atoms with Crippen molar-refractivity contribution in [1.29, 1.82) is 0 Å². The Bertz CT molecular complexity index is 1020. The molecule has 1 aliphatic heterocycles. The van der Waals surface area contributed by atoms with Crippen LogP contribution in [0.4, 0.5) is 0 Å². The van der Waals surface area contributed by atoms with Gasteiger partial charge in [-0.15, -0.1) is 0 Å². The number of hydrogen-bond donors (Lipinski definition) is 1. The smallest absolute Gasteiger partial charge is 0.271 e. The van der Waals surface area contributed by atoms with Crippen LogP contribution in [0.5, 0.6) is 5.75 Å². The summed E-state index contributed by atoms with van der Waals surface area (Å²) in [5, 5.41) is 2.96. The van der Waals surface area contributed by atoms with Crippen LogP contribution in [0.3, 0.4) is 0 Å². The topological polar surface area (TPSA) is 69.0 Å². The van der Waals surface area contributed by atoms with Crippen LogP contribution < -0.4 is 10.1 Å². The molecule has 3 heterocycles. The Kier molecular flexibility index (Phi) is 5.84. The number of aromatic nitrogens is 3. The van der Waals surface area contributed by atoms with Crippen molar-refractivity contribution >= 4 is 5.91 Å². The molecule has 6 nitrogen and oxygen atoms in total. The van der Waals surface area contributed by atoms with E-state index in [1.165, 1.54) is 5.56 Å². The molecule has 0 aliphatic carbocycles. The Morgan fingerprint density at radius 2 is 2.07 bits per heavy atom. The maximum atomic E-state index is 12.5. The third-order valence-corrected chi connectivity index (χ3v) is 5.78. The average molecular weight is 405 g/mol. The summed E-state index contributed by atoms with van der Waals surface area (Å²) in [4.78, 5) is 21.4. The number of nitrogens with zero attached hydrogens (tertiary/aromatic N) is 3. The number of carbonyl (C=O) groups excluding carboxylic acids is 1. The highest BCUT2D eigenvalue weighted by Gasteiger charge is 2.24. The van der Waals surface area contributed by atoms with Crippen LogP contribution >= 0.6 is 0 Å². The number of methoxy groups -OCH3 is 1. The second-order valence-electron chi connectivity index (χ2n) is 7.95. The number of benzene rings is 1. The van der Waals surface area contributed by atoms with Gasteiger partial charge >= 0.3 is 0 Å². The Hall–Kier alpha value is -3.15. The van der Waals surface area contributed by atoms with Crippen molar-refractivity contribution in [3.8, 4) is 5.75 Å². The quantitative estimate of drug-likeness (QED) is 0.681. The molecule has 2 aromatic heterocycles. The van der Waals surface area contributed by atoms with Gasteiger partial charge in [0, 0.05) is 49.9 Å². The minimum Gasteiger partial charge on any atom is -0.496 e. The SMILES string of the molecule is COc1c(C)cc(C2CCc3nc(C(=O)NCCc4ccccn4)cn3C2)cc1C. The van der Waals surface area contributed by atoms with Crippen LogP contribution in [0.25, 0.3) is 0 Å². The first-order valence-electron chi connectivity index (χ1n) is 10.4. The Morgan fingerprint density at radius 3 is 2.77 bits per heavy atom. The summed E-state index contributed by atoms with van der Waals surface area (Å²) < 4.78 is 7.64. The zero-order valence-corrected chi connectivity index (χ0v) is 17.8. The summed E-state index contributed by atoms with van der Waals surface area (Å²) in [7, 11) is 1.72. The number of amides is 1. The lowest BCUT2D eigenvalue weighted by molar-refractivity contribution is 0.0949. The van der Waals surface area contributed by atoms with Gasteiger partial charge in [-0.25, -0.2) is 4.98 Å². The standard InChI is InChI=1S/C24H28N4O2/c1-16-12-19(13-17(2)23(16)30-3)18-7-8-22-27-21(15-28(22)14-18)24(29)26-11-9-20-6-4-5-10-25-20/h4-6,10,12-13,15,18H,7-9,11,14H2,1-3H3,(H,26,29). The van der Waals surface area contributed by atoms with E-state index in [4.69, 9.17) is 4.74 Å². The van der Waals surface area contributed by atoms with Gasteiger partial charge in [-0.1, -0.05) is 18.2 Å². The number of aryl methyl sites for hydroxylation is 3. The number of pyridine rings is 1. The first-order valence-corrected chi connectivity index (χ1v) is 10.4. The highest BCUT2D eigenvalue weighted by Crippen LogP contribution is 2.33. The third-order valence-electron chi connectivity index (χ3n) is 5.78. The van der Waals surface area contributed by atoms with Gasteiger partial charge < -0.3 is 14.6 Å². The van der Waals surface area contributed by atoms with E-state index in [1.807, 2.05) is 24.4 Å². The van der Waals surface area contributed by atoms with E-state index in [0.717, 1.165) is 47.8 Å². The molecule has 30 heavy (non-hydrogen) atoms. The van der Waals surface area contributed by atoms with E-state index in [9.17, 15) is 4.79 Å². The van der Waals surface area contributed by atoms with Crippen LogP contribution in [0.15, 0.2) is 42.7 Å². The fraction of sp³-hybridized carbons (Fsp3) is 0.375. The van der Waals surface area contributed by atoms with Crippen molar-refractivity contribution in [1.82, 2.24) is 19.9 Å². The van der Waals surface area contributed by atoms with E-state index < -0.39 is 0 Å². The average Bonchev–Trinajstić information content (AvgIpc) is 3.18. The summed E-state index contributed by atoms with van der Waals surface area (Å²) in [6.07, 6.45) is 6.26. The minimum absolute atomic E-state index is 0.125. The first kappa shape index (κ1) is 20.1. The number of fused-ring (bicyclic) bond motifs is 1. The lowest BCUT2D eigenvalue weighted by Crippen LogP contribution is -2.26. The van der Waals surface area contributed by atoms with Gasteiger partial charge in [0.05, 0.1) is 7.11 Å². The number of nitrogens with one attached hydrogen (secondary N) is 1. The van der Waals surface area contributed by atoms with Crippen molar-refractivity contribution in [2.24, 2.45) is 0 Å². The van der Waals surface area contributed by atoms with Crippen LogP contribution in [-0.2, 0) is 19.4 Å². The molecule has 0 saturated heterocycles. The maximum Gasteiger partial charge on any atom is 0.271 e. The highest BCUT2D eigenvalue weighted by molar-refractivity contribution is 5.92. The second kappa shape index (κ2) is 8.69. The molecular formula is C24H28N4O2. The zero-order chi connectivity index (χ0) is 21.1. The molecular weight excluding hydrogens is 376 g/mol. The summed E-state index contributed by atoms with van der Waals surface area (Å²) in [5.41, 5.74) is 5.11. The fourth-order valence-corrected chi connectivity index (χ4v) is 4.31. The molecule has 0 fully saturated rings. The molecule has 1 amide bonds. The molecule has 4 rings (SSSR count). The predicted octanol–water partition coefficient (Wildman–Crippen LogP) is 3.61. The van der Waals surface area contributed by atoms with Crippen molar-refractivity contribution in [3.63, 3.8) is 0 Å². The number of rotatable bonds is 6. The van der Waals surface area contributed by atoms with Crippen molar-refractivity contribution in [3.05, 3.63) is 76.6 Å². The van der Waals surface area contributed by atoms with Crippen LogP contribution in [0.1, 0.15) is 51.0 Å². The summed E-state index contributed by atoms with van der Waals surface area (Å²) in [6.45, 7) is 5.57. The van der Waals surface area contributed by atoms with Gasteiger partial charge in [-0.05, 0) is 49.1 Å². The summed E-state index contributed by atoms with van der Waals surface area (Å²) >= 11 is 0. The molecule has 1 unspecified atom stereocenters. The van der Waals surface area contributed by atoms with Gasteiger partial charge in [-0.2, -0.15) is 0 Å². The van der Waals surface area contributed by atoms with Gasteiger partial charge in [0.2, 0.25) is 0 Å². The van der Waals surface area contributed by atoms with Crippen molar-refractivity contribution < 1.29 is 9.53 Å². The number of imidazole rings is 1. The molecule has 1 aliphatic rings. The summed E-state index contributed by atoms with van der Waals surface area (Å²) in [6, 6.07) is 10.3. The van der Waals surface area contributed by atoms with Gasteiger partial charge in [0.1, 0.15) is 17.3 Å². The Morgan fingerprint density at radius 1 is 1.27 bits per heavy atom. The molecule has 1 N–H and O–H groups in total. The van der Waals surface area contributed by atoms with Crippen molar-refractivity contribution in [2.45, 2.75) is 45.6 Å². The molecule has 156 valence electrons. The molecule has 3 aromatic rings. The molecule has 6 heteroatoms. The monoisotopic (exact) mass is 404 g/mol. The van der Waals surface area contributed by atoms with E-state index in [2.05, 4.69) is 45.8 Å². The van der Waals surface area contributed by atoms with E-state index >= 15 is 0 Å². The van der Waals surface area contributed by atoms with E-state index in [-0.39, 0.29) is 5.91 Å². The van der Waals surface area contributed by atoms with Crippen LogP contribution in [-0.4, -0.2) is 34.1 Å². The normalized spacial score (nSPS) is 15.5. The number of hydrogen-bond acceptors (Lipinski definition) is 4. The minimum atomic E-state index is -0.125. The molecule has 1 aromatic carbocycles. The molecule has 1 atom stereocenters. The molecule has 0 spiro atoms. The predicted molar refractivity (Wildman–Crippen MR) is 116 cm³/mol. The summed E-state index contributed by atoms with van der Waals surface area (Å²) in [5.74, 6) is 2.24. The lowest BCUT2D eigenvalue weighted by Gasteiger charge is -2.25. The fourth-order valence-electron chi connectivity index (χ4n) is 4.31. The first-order chi connectivity index (χ1) is 14.5. The van der Waals surface area contributed by atoms with Gasteiger partial charge in [0.15, 0.2) is 0 Å². The van der Waals surface area contributed by atoms with E-state index in [0.29, 0.717) is 24.6 Å². The molecule has 0 saturated carbocycles. The highest BCUT2D eigenvalue weighted by atomic mass is 16.5. The largest absolute Gasteiger partial charge is 0.496 e. The number of carbonyl (C=O) groups is 1. The number of ether oxygens (including phenoxy) is 1. The molecule has 0 radical (unpaired) electrons. The van der Waals surface area contributed by atoms with Crippen LogP contribution in [0, 0.1) is 13.8 Å². The lowest BCUT2D eigenvalue weighted by atomic mass is 9.89.